The number of halogens is 2. The molecule has 33 heavy (non-hydrogen) atoms. The van der Waals surface area contributed by atoms with Gasteiger partial charge in [-0.05, 0) is 62.5 Å². The van der Waals surface area contributed by atoms with Gasteiger partial charge in [-0.1, -0.05) is 17.7 Å². The maximum absolute atomic E-state index is 13.6. The molecule has 1 aromatic carbocycles. The normalized spacial score (nSPS) is 22.7. The van der Waals surface area contributed by atoms with Crippen LogP contribution in [0.25, 0.3) is 6.08 Å². The van der Waals surface area contributed by atoms with Crippen LogP contribution in [0.5, 0.6) is 0 Å². The van der Waals surface area contributed by atoms with Crippen LogP contribution in [0, 0.1) is 5.82 Å². The number of aliphatic hydroxyl groups is 2. The van der Waals surface area contributed by atoms with Gasteiger partial charge in [0.05, 0.1) is 23.8 Å². The molecule has 7 nitrogen and oxygen atoms in total. The van der Waals surface area contributed by atoms with Gasteiger partial charge in [0.15, 0.2) is 0 Å². The second-order valence-corrected chi connectivity index (χ2v) is 9.07. The summed E-state index contributed by atoms with van der Waals surface area (Å²) in [6.45, 7) is 3.53. The van der Waals surface area contributed by atoms with Crippen molar-refractivity contribution in [3.8, 4) is 0 Å². The van der Waals surface area contributed by atoms with Crippen LogP contribution in [-0.2, 0) is 9.59 Å². The third-order valence-electron chi connectivity index (χ3n) is 6.43. The Labute approximate surface area is 199 Å². The summed E-state index contributed by atoms with van der Waals surface area (Å²) in [5.74, 6) is -0.708. The lowest BCUT2D eigenvalue weighted by Crippen LogP contribution is -2.50. The highest BCUT2D eigenvalue weighted by atomic mass is 35.5. The lowest BCUT2D eigenvalue weighted by molar-refractivity contribution is -0.130. The molecule has 3 rings (SSSR count). The van der Waals surface area contributed by atoms with E-state index in [1.165, 1.54) is 18.2 Å². The van der Waals surface area contributed by atoms with Gasteiger partial charge < -0.3 is 20.0 Å². The van der Waals surface area contributed by atoms with Crippen LogP contribution in [0.4, 0.5) is 4.39 Å². The number of hydrogen-bond donors (Lipinski definition) is 2. The Bertz CT molecular complexity index is 853. The summed E-state index contributed by atoms with van der Waals surface area (Å²) in [5, 5.41) is 19.6. The molecule has 0 aromatic heterocycles. The number of nitrogens with zero attached hydrogens (tertiary/aromatic N) is 3. The number of amides is 2. The summed E-state index contributed by atoms with van der Waals surface area (Å²) >= 11 is 5.68. The number of carbonyl (C=O) groups excluding carboxylic acids is 2. The zero-order valence-corrected chi connectivity index (χ0v) is 19.6. The Kier molecular flexibility index (Phi) is 9.67. The minimum absolute atomic E-state index is 0.0336. The van der Waals surface area contributed by atoms with E-state index in [-0.39, 0.29) is 35.9 Å². The third-order valence-corrected chi connectivity index (χ3v) is 6.74. The predicted octanol–water partition coefficient (Wildman–Crippen LogP) is 2.15. The molecule has 2 atom stereocenters. The number of carbonyl (C=O) groups is 2. The number of unbranched alkanes of at least 4 members (excludes halogenated alkanes) is 1. The van der Waals surface area contributed by atoms with Gasteiger partial charge in [-0.3, -0.25) is 14.5 Å². The van der Waals surface area contributed by atoms with Crippen molar-refractivity contribution in [2.45, 2.75) is 44.2 Å². The molecule has 0 aliphatic carbocycles. The van der Waals surface area contributed by atoms with Crippen LogP contribution in [-0.4, -0.2) is 94.7 Å². The number of likely N-dealkylation sites (tertiary alicyclic amines) is 1. The second kappa shape index (κ2) is 12.5. The van der Waals surface area contributed by atoms with E-state index in [0.717, 1.165) is 38.8 Å². The summed E-state index contributed by atoms with van der Waals surface area (Å²) in [4.78, 5) is 30.6. The van der Waals surface area contributed by atoms with Gasteiger partial charge in [-0.25, -0.2) is 4.39 Å². The first-order valence-corrected chi connectivity index (χ1v) is 12.0. The van der Waals surface area contributed by atoms with Gasteiger partial charge in [0, 0.05) is 38.7 Å². The first-order chi connectivity index (χ1) is 15.9. The van der Waals surface area contributed by atoms with E-state index >= 15 is 0 Å². The van der Waals surface area contributed by atoms with Crippen molar-refractivity contribution in [2.24, 2.45) is 0 Å². The van der Waals surface area contributed by atoms with Crippen molar-refractivity contribution >= 4 is 29.5 Å². The molecule has 2 amide bonds. The van der Waals surface area contributed by atoms with Gasteiger partial charge >= 0.3 is 0 Å². The van der Waals surface area contributed by atoms with Crippen LogP contribution >= 0.6 is 11.6 Å². The molecule has 1 aromatic rings. The van der Waals surface area contributed by atoms with Gasteiger partial charge in [0.1, 0.15) is 5.82 Å². The topological polar surface area (TPSA) is 84.3 Å². The molecular formula is C24H33ClFN3O4. The van der Waals surface area contributed by atoms with Crippen molar-refractivity contribution < 1.29 is 24.2 Å². The van der Waals surface area contributed by atoms with E-state index in [0.29, 0.717) is 31.7 Å². The van der Waals surface area contributed by atoms with Crippen molar-refractivity contribution in [1.82, 2.24) is 14.7 Å². The fourth-order valence-corrected chi connectivity index (χ4v) is 4.57. The molecular weight excluding hydrogens is 449 g/mol. The van der Waals surface area contributed by atoms with E-state index in [9.17, 15) is 24.2 Å². The minimum Gasteiger partial charge on any atom is -0.395 e. The fourth-order valence-electron chi connectivity index (χ4n) is 4.45. The molecule has 2 aliphatic heterocycles. The number of hydrogen-bond acceptors (Lipinski definition) is 5. The smallest absolute Gasteiger partial charge is 0.246 e. The Morgan fingerprint density at radius 3 is 2.73 bits per heavy atom. The molecule has 2 fully saturated rings. The summed E-state index contributed by atoms with van der Waals surface area (Å²) in [7, 11) is 0. The highest BCUT2D eigenvalue weighted by molar-refractivity contribution is 6.30. The van der Waals surface area contributed by atoms with E-state index in [1.54, 1.807) is 21.9 Å². The van der Waals surface area contributed by atoms with Crippen molar-refractivity contribution in [1.29, 1.82) is 0 Å². The largest absolute Gasteiger partial charge is 0.395 e. The van der Waals surface area contributed by atoms with Crippen molar-refractivity contribution in [3.63, 3.8) is 0 Å². The quantitative estimate of drug-likeness (QED) is 0.439. The Hall–Kier alpha value is -2.00. The molecule has 0 spiro atoms. The molecule has 9 heteroatoms. The Balaban J connectivity index is 1.43. The number of piperidine rings is 1. The highest BCUT2D eigenvalue weighted by Crippen LogP contribution is 2.19. The lowest BCUT2D eigenvalue weighted by atomic mass is 9.99. The molecule has 0 unspecified atom stereocenters. The zero-order valence-electron chi connectivity index (χ0n) is 18.8. The summed E-state index contributed by atoms with van der Waals surface area (Å²) in [5.41, 5.74) is 0.544. The molecule has 0 radical (unpaired) electrons. The zero-order chi connectivity index (χ0) is 23.8. The van der Waals surface area contributed by atoms with E-state index in [1.807, 2.05) is 0 Å². The van der Waals surface area contributed by atoms with Crippen molar-refractivity contribution in [2.75, 3.05) is 45.9 Å². The predicted molar refractivity (Wildman–Crippen MR) is 125 cm³/mol. The van der Waals surface area contributed by atoms with Crippen LogP contribution in [0.2, 0.25) is 5.02 Å². The SMILES string of the molecule is O=C(/C=C/c1ccc(Cl)c(F)c1)N1CCC(=O)N(CCCCN2CCC[C@H](O)[C@@H]2CO)CC1. The summed E-state index contributed by atoms with van der Waals surface area (Å²) in [6, 6.07) is 4.15. The molecule has 2 aliphatic rings. The molecule has 0 saturated carbocycles. The summed E-state index contributed by atoms with van der Waals surface area (Å²) < 4.78 is 13.6. The van der Waals surface area contributed by atoms with E-state index in [4.69, 9.17) is 11.6 Å². The number of rotatable bonds is 8. The standard InChI is InChI=1S/C24H33ClFN3O4/c25-19-7-5-18(16-20(19)26)6-8-23(32)29-13-9-24(33)28(14-15-29)11-2-1-10-27-12-3-4-22(31)21(27)17-30/h5-8,16,21-22,30-31H,1-4,9-15,17H2/b8-6+/t21-,22-/m0/s1. The lowest BCUT2D eigenvalue weighted by Gasteiger charge is -2.38. The molecule has 182 valence electrons. The van der Waals surface area contributed by atoms with E-state index < -0.39 is 11.9 Å². The van der Waals surface area contributed by atoms with E-state index in [2.05, 4.69) is 4.90 Å². The first-order valence-electron chi connectivity index (χ1n) is 11.6. The van der Waals surface area contributed by atoms with Gasteiger partial charge in [0.25, 0.3) is 0 Å². The minimum atomic E-state index is -0.536. The monoisotopic (exact) mass is 481 g/mol. The Morgan fingerprint density at radius 2 is 1.97 bits per heavy atom. The molecule has 2 saturated heterocycles. The third kappa shape index (κ3) is 7.24. The van der Waals surface area contributed by atoms with Gasteiger partial charge in [0.2, 0.25) is 11.8 Å². The molecule has 0 bridgehead atoms. The Morgan fingerprint density at radius 1 is 1.18 bits per heavy atom. The average Bonchev–Trinajstić information content (AvgIpc) is 2.99. The van der Waals surface area contributed by atoms with Crippen LogP contribution in [0.15, 0.2) is 24.3 Å². The fraction of sp³-hybridized carbons (Fsp3) is 0.583. The van der Waals surface area contributed by atoms with Gasteiger partial charge in [-0.15, -0.1) is 0 Å². The van der Waals surface area contributed by atoms with Crippen LogP contribution in [0.1, 0.15) is 37.7 Å². The average molecular weight is 482 g/mol. The molecule has 2 N–H and O–H groups in total. The van der Waals surface area contributed by atoms with Gasteiger partial charge in [-0.2, -0.15) is 0 Å². The van der Waals surface area contributed by atoms with Crippen LogP contribution < -0.4 is 0 Å². The van der Waals surface area contributed by atoms with Crippen molar-refractivity contribution in [3.05, 3.63) is 40.7 Å². The first kappa shape index (κ1) is 25.6. The maximum atomic E-state index is 13.6. The molecule has 2 heterocycles. The highest BCUT2D eigenvalue weighted by Gasteiger charge is 2.29. The number of aliphatic hydroxyl groups excluding tert-OH is 2. The second-order valence-electron chi connectivity index (χ2n) is 8.67. The summed E-state index contributed by atoms with van der Waals surface area (Å²) in [6.07, 6.45) is 6.09. The number of benzene rings is 1. The maximum Gasteiger partial charge on any atom is 0.246 e. The van der Waals surface area contributed by atoms with Crippen LogP contribution in [0.3, 0.4) is 0 Å².